The van der Waals surface area contributed by atoms with Crippen LogP contribution in [0.1, 0.15) is 61.5 Å². The lowest BCUT2D eigenvalue weighted by molar-refractivity contribution is 0.0524. The summed E-state index contributed by atoms with van der Waals surface area (Å²) in [6.45, 7) is 3.86. The molecule has 1 aliphatic carbocycles. The number of carbonyl (C=O) groups excluding carboxylic acids is 1. The molecule has 1 fully saturated rings. The summed E-state index contributed by atoms with van der Waals surface area (Å²) in [5.74, 6) is 0.659. The second-order valence-electron chi connectivity index (χ2n) is 5.82. The summed E-state index contributed by atoms with van der Waals surface area (Å²) in [5.41, 5.74) is 1.47. The van der Waals surface area contributed by atoms with Crippen molar-refractivity contribution in [3.63, 3.8) is 0 Å². The quantitative estimate of drug-likeness (QED) is 0.591. The highest BCUT2D eigenvalue weighted by Gasteiger charge is 2.17. The molecule has 5 nitrogen and oxygen atoms in total. The number of esters is 1. The van der Waals surface area contributed by atoms with E-state index < -0.39 is 0 Å². The number of rotatable bonds is 8. The molecule has 1 heterocycles. The van der Waals surface area contributed by atoms with Crippen LogP contribution in [-0.2, 0) is 18.3 Å². The molecule has 2 rings (SSSR count). The van der Waals surface area contributed by atoms with Crippen molar-refractivity contribution in [1.29, 1.82) is 0 Å². The average Bonchev–Trinajstić information content (AvgIpc) is 3.09. The maximum Gasteiger partial charge on any atom is 0.341 e. The van der Waals surface area contributed by atoms with E-state index in [-0.39, 0.29) is 5.97 Å². The minimum absolute atomic E-state index is 0.284. The highest BCUT2D eigenvalue weighted by Crippen LogP contribution is 2.28. The van der Waals surface area contributed by atoms with Gasteiger partial charge < -0.3 is 10.1 Å². The summed E-state index contributed by atoms with van der Waals surface area (Å²) >= 11 is 0. The Hall–Kier alpha value is -1.36. The fourth-order valence-corrected chi connectivity index (χ4v) is 3.07. The Bertz CT molecular complexity index is 450. The van der Waals surface area contributed by atoms with Crippen molar-refractivity contribution in [3.05, 3.63) is 17.5 Å². The fraction of sp³-hybridized carbons (Fsp3) is 0.750. The van der Waals surface area contributed by atoms with Gasteiger partial charge in [0.05, 0.1) is 18.5 Å². The van der Waals surface area contributed by atoms with Crippen LogP contribution in [0.2, 0.25) is 0 Å². The molecule has 118 valence electrons. The standard InChI is InChI=1S/C16H27N3O2/c1-3-21-16(20)14-11-18-19(2)15(14)12-17-10-6-9-13-7-4-5-8-13/h11,13,17H,3-10,12H2,1-2H3. The van der Waals surface area contributed by atoms with Crippen LogP contribution >= 0.6 is 0 Å². The number of aromatic nitrogens is 2. The molecule has 0 amide bonds. The lowest BCUT2D eigenvalue weighted by atomic mass is 10.0. The molecule has 0 aromatic carbocycles. The van der Waals surface area contributed by atoms with Gasteiger partial charge >= 0.3 is 5.97 Å². The monoisotopic (exact) mass is 293 g/mol. The number of nitrogens with zero attached hydrogens (tertiary/aromatic N) is 2. The summed E-state index contributed by atoms with van der Waals surface area (Å²) in [6.07, 6.45) is 9.77. The molecule has 0 bridgehead atoms. The number of carbonyl (C=O) groups is 1. The zero-order valence-corrected chi connectivity index (χ0v) is 13.2. The lowest BCUT2D eigenvalue weighted by Gasteiger charge is -2.10. The van der Waals surface area contributed by atoms with Crippen molar-refractivity contribution in [2.45, 2.75) is 52.0 Å². The minimum Gasteiger partial charge on any atom is -0.462 e. The largest absolute Gasteiger partial charge is 0.462 e. The predicted octanol–water partition coefficient (Wildman–Crippen LogP) is 2.66. The van der Waals surface area contributed by atoms with Gasteiger partial charge in [-0.15, -0.1) is 0 Å². The number of ether oxygens (including phenoxy) is 1. The van der Waals surface area contributed by atoms with Crippen molar-refractivity contribution in [2.24, 2.45) is 13.0 Å². The summed E-state index contributed by atoms with van der Waals surface area (Å²) in [4.78, 5) is 11.8. The second kappa shape index (κ2) is 8.17. The van der Waals surface area contributed by atoms with Crippen LogP contribution in [0, 0.1) is 5.92 Å². The van der Waals surface area contributed by atoms with Crippen molar-refractivity contribution in [2.75, 3.05) is 13.2 Å². The first kappa shape index (κ1) is 16.0. The molecule has 0 spiro atoms. The molecule has 0 atom stereocenters. The van der Waals surface area contributed by atoms with Gasteiger partial charge in [-0.3, -0.25) is 4.68 Å². The van der Waals surface area contributed by atoms with E-state index in [4.69, 9.17) is 4.74 Å². The van der Waals surface area contributed by atoms with Crippen molar-refractivity contribution >= 4 is 5.97 Å². The first-order valence-corrected chi connectivity index (χ1v) is 8.11. The maximum atomic E-state index is 11.8. The van der Waals surface area contributed by atoms with Crippen molar-refractivity contribution in [1.82, 2.24) is 15.1 Å². The molecule has 21 heavy (non-hydrogen) atoms. The number of nitrogens with one attached hydrogen (secondary N) is 1. The molecule has 5 heteroatoms. The van der Waals surface area contributed by atoms with Crippen LogP contribution < -0.4 is 5.32 Å². The molecule has 1 aromatic heterocycles. The molecule has 1 aromatic rings. The van der Waals surface area contributed by atoms with Crippen LogP contribution in [0.15, 0.2) is 6.20 Å². The third-order valence-electron chi connectivity index (χ3n) is 4.29. The SMILES string of the molecule is CCOC(=O)c1cnn(C)c1CNCCCC1CCCC1. The predicted molar refractivity (Wildman–Crippen MR) is 82.1 cm³/mol. The minimum atomic E-state index is -0.284. The Morgan fingerprint density at radius 2 is 2.24 bits per heavy atom. The number of hydrogen-bond acceptors (Lipinski definition) is 4. The average molecular weight is 293 g/mol. The summed E-state index contributed by atoms with van der Waals surface area (Å²) in [5, 5.41) is 7.58. The molecular formula is C16H27N3O2. The summed E-state index contributed by atoms with van der Waals surface area (Å²) < 4.78 is 6.80. The molecule has 1 aliphatic rings. The van der Waals surface area contributed by atoms with Gasteiger partial charge in [-0.1, -0.05) is 25.7 Å². The molecule has 0 radical (unpaired) electrons. The van der Waals surface area contributed by atoms with Gasteiger partial charge in [-0.05, 0) is 32.2 Å². The normalized spacial score (nSPS) is 15.5. The zero-order valence-electron chi connectivity index (χ0n) is 13.2. The van der Waals surface area contributed by atoms with Gasteiger partial charge in [0.2, 0.25) is 0 Å². The van der Waals surface area contributed by atoms with E-state index in [0.29, 0.717) is 18.7 Å². The molecular weight excluding hydrogens is 266 g/mol. The second-order valence-corrected chi connectivity index (χ2v) is 5.82. The first-order valence-electron chi connectivity index (χ1n) is 8.11. The van der Waals surface area contributed by atoms with Gasteiger partial charge in [0, 0.05) is 13.6 Å². The maximum absolute atomic E-state index is 11.8. The van der Waals surface area contributed by atoms with Gasteiger partial charge in [-0.25, -0.2) is 4.79 Å². The van der Waals surface area contributed by atoms with E-state index in [1.54, 1.807) is 10.9 Å². The van der Waals surface area contributed by atoms with Gasteiger partial charge in [0.15, 0.2) is 0 Å². The van der Waals surface area contributed by atoms with E-state index in [0.717, 1.165) is 18.2 Å². The lowest BCUT2D eigenvalue weighted by Crippen LogP contribution is -2.20. The van der Waals surface area contributed by atoms with Crippen molar-refractivity contribution in [3.8, 4) is 0 Å². The Labute approximate surface area is 127 Å². The number of hydrogen-bond donors (Lipinski definition) is 1. The highest BCUT2D eigenvalue weighted by atomic mass is 16.5. The Kier molecular flexibility index (Phi) is 6.23. The van der Waals surface area contributed by atoms with E-state index in [1.165, 1.54) is 38.5 Å². The smallest absolute Gasteiger partial charge is 0.341 e. The van der Waals surface area contributed by atoms with E-state index in [2.05, 4.69) is 10.4 Å². The van der Waals surface area contributed by atoms with Crippen LogP contribution in [-0.4, -0.2) is 28.9 Å². The molecule has 1 saturated carbocycles. The molecule has 0 saturated heterocycles. The third kappa shape index (κ3) is 4.56. The fourth-order valence-electron chi connectivity index (χ4n) is 3.07. The topological polar surface area (TPSA) is 56.1 Å². The molecule has 0 unspecified atom stereocenters. The van der Waals surface area contributed by atoms with Crippen LogP contribution in [0.25, 0.3) is 0 Å². The Morgan fingerprint density at radius 3 is 2.95 bits per heavy atom. The van der Waals surface area contributed by atoms with Crippen LogP contribution in [0.4, 0.5) is 0 Å². The van der Waals surface area contributed by atoms with Crippen molar-refractivity contribution < 1.29 is 9.53 Å². The zero-order chi connectivity index (χ0) is 15.1. The third-order valence-corrected chi connectivity index (χ3v) is 4.29. The van der Waals surface area contributed by atoms with E-state index in [1.807, 2.05) is 14.0 Å². The summed E-state index contributed by atoms with van der Waals surface area (Å²) in [6, 6.07) is 0. The Morgan fingerprint density at radius 1 is 1.48 bits per heavy atom. The molecule has 1 N–H and O–H groups in total. The van der Waals surface area contributed by atoms with Crippen LogP contribution in [0.5, 0.6) is 0 Å². The van der Waals surface area contributed by atoms with Gasteiger partial charge in [-0.2, -0.15) is 5.10 Å². The summed E-state index contributed by atoms with van der Waals surface area (Å²) in [7, 11) is 1.86. The van der Waals surface area contributed by atoms with Crippen LogP contribution in [0.3, 0.4) is 0 Å². The number of aryl methyl sites for hydroxylation is 1. The van der Waals surface area contributed by atoms with Gasteiger partial charge in [0.1, 0.15) is 5.56 Å². The first-order chi connectivity index (χ1) is 10.2. The van der Waals surface area contributed by atoms with E-state index >= 15 is 0 Å². The highest BCUT2D eigenvalue weighted by molar-refractivity contribution is 5.90. The van der Waals surface area contributed by atoms with E-state index in [9.17, 15) is 4.79 Å². The molecule has 0 aliphatic heterocycles. The Balaban J connectivity index is 1.74. The van der Waals surface area contributed by atoms with Gasteiger partial charge in [0.25, 0.3) is 0 Å².